The monoisotopic (exact) mass is 246 g/mol. The van der Waals surface area contributed by atoms with E-state index in [0.29, 0.717) is 17.8 Å². The molecule has 2 rings (SSSR count). The van der Waals surface area contributed by atoms with Crippen molar-refractivity contribution in [2.45, 2.75) is 13.3 Å². The Morgan fingerprint density at radius 1 is 1.22 bits per heavy atom. The van der Waals surface area contributed by atoms with E-state index in [0.717, 1.165) is 12.0 Å². The number of furan rings is 1. The predicted molar refractivity (Wildman–Crippen MR) is 66.5 cm³/mol. The lowest BCUT2D eigenvalue weighted by molar-refractivity contribution is 0.109. The maximum Gasteiger partial charge on any atom is 0.290 e. The zero-order valence-corrected chi connectivity index (χ0v) is 10.3. The number of carbonyl (C=O) groups is 1. The fourth-order valence-electron chi connectivity index (χ4n) is 1.58. The Hall–Kier alpha value is -2.23. The fourth-order valence-corrected chi connectivity index (χ4v) is 1.58. The molecule has 0 fully saturated rings. The third kappa shape index (κ3) is 2.53. The molecule has 0 aliphatic carbocycles. The molecule has 0 spiro atoms. The number of benzene rings is 1. The molecule has 0 amide bonds. The minimum absolute atomic E-state index is 0.231. The molecule has 0 unspecified atom stereocenters. The van der Waals surface area contributed by atoms with Gasteiger partial charge in [0.05, 0.1) is 7.11 Å². The highest BCUT2D eigenvalue weighted by Crippen LogP contribution is 2.33. The van der Waals surface area contributed by atoms with Crippen LogP contribution in [0, 0.1) is 0 Å². The van der Waals surface area contributed by atoms with Gasteiger partial charge in [0.1, 0.15) is 0 Å². The van der Waals surface area contributed by atoms with Gasteiger partial charge in [0.15, 0.2) is 23.5 Å². The summed E-state index contributed by atoms with van der Waals surface area (Å²) in [7, 11) is 1.58. The van der Waals surface area contributed by atoms with Gasteiger partial charge in [-0.05, 0) is 30.2 Å². The van der Waals surface area contributed by atoms with Gasteiger partial charge in [0, 0.05) is 6.07 Å². The van der Waals surface area contributed by atoms with Gasteiger partial charge in [-0.1, -0.05) is 13.0 Å². The van der Waals surface area contributed by atoms with E-state index in [9.17, 15) is 4.79 Å². The van der Waals surface area contributed by atoms with Crippen molar-refractivity contribution < 1.29 is 18.7 Å². The first kappa shape index (κ1) is 12.2. The molecule has 4 nitrogen and oxygen atoms in total. The molecular formula is C14H14O4. The first-order chi connectivity index (χ1) is 8.76. The van der Waals surface area contributed by atoms with Crippen molar-refractivity contribution in [3.63, 3.8) is 0 Å². The summed E-state index contributed by atoms with van der Waals surface area (Å²) >= 11 is 0. The number of rotatable bonds is 5. The first-order valence-corrected chi connectivity index (χ1v) is 5.66. The molecule has 0 N–H and O–H groups in total. The summed E-state index contributed by atoms with van der Waals surface area (Å²) in [6, 6.07) is 8.84. The van der Waals surface area contributed by atoms with Crippen LogP contribution in [0.5, 0.6) is 17.4 Å². The second kappa shape index (κ2) is 5.40. The molecule has 0 saturated heterocycles. The van der Waals surface area contributed by atoms with Crippen molar-refractivity contribution in [3.8, 4) is 17.4 Å². The van der Waals surface area contributed by atoms with E-state index in [2.05, 4.69) is 6.92 Å². The van der Waals surface area contributed by atoms with Gasteiger partial charge in [-0.25, -0.2) is 0 Å². The largest absolute Gasteiger partial charge is 0.493 e. The van der Waals surface area contributed by atoms with Crippen molar-refractivity contribution in [3.05, 3.63) is 41.7 Å². The highest BCUT2D eigenvalue weighted by molar-refractivity contribution is 5.70. The Bertz CT molecular complexity index is 542. The average molecular weight is 246 g/mol. The van der Waals surface area contributed by atoms with Gasteiger partial charge in [-0.15, -0.1) is 0 Å². The topological polar surface area (TPSA) is 48.7 Å². The summed E-state index contributed by atoms with van der Waals surface area (Å²) in [6.07, 6.45) is 1.55. The number of ether oxygens (including phenoxy) is 2. The molecule has 0 atom stereocenters. The van der Waals surface area contributed by atoms with Gasteiger partial charge >= 0.3 is 0 Å². The second-order valence-electron chi connectivity index (χ2n) is 3.72. The molecule has 0 radical (unpaired) electrons. The van der Waals surface area contributed by atoms with E-state index < -0.39 is 0 Å². The van der Waals surface area contributed by atoms with Crippen molar-refractivity contribution in [2.24, 2.45) is 0 Å². The molecule has 18 heavy (non-hydrogen) atoms. The van der Waals surface area contributed by atoms with Crippen LogP contribution >= 0.6 is 0 Å². The minimum atomic E-state index is 0.231. The molecule has 1 aromatic heterocycles. The number of aldehydes is 1. The Balaban J connectivity index is 2.25. The lowest BCUT2D eigenvalue weighted by Crippen LogP contribution is -1.91. The normalized spacial score (nSPS) is 10.1. The Labute approximate surface area is 105 Å². The number of aryl methyl sites for hydroxylation is 1. The van der Waals surface area contributed by atoms with E-state index >= 15 is 0 Å². The lowest BCUT2D eigenvalue weighted by atomic mass is 10.1. The van der Waals surface area contributed by atoms with E-state index in [1.54, 1.807) is 19.2 Å². The maximum atomic E-state index is 10.5. The molecule has 0 bridgehead atoms. The van der Waals surface area contributed by atoms with Crippen LogP contribution < -0.4 is 9.47 Å². The summed E-state index contributed by atoms with van der Waals surface area (Å²) in [5.41, 5.74) is 1.16. The van der Waals surface area contributed by atoms with Crippen LogP contribution in [0.2, 0.25) is 0 Å². The smallest absolute Gasteiger partial charge is 0.290 e. The van der Waals surface area contributed by atoms with Gasteiger partial charge < -0.3 is 13.9 Å². The highest BCUT2D eigenvalue weighted by atomic mass is 16.6. The molecule has 1 heterocycles. The van der Waals surface area contributed by atoms with Crippen molar-refractivity contribution in [1.82, 2.24) is 0 Å². The second-order valence-corrected chi connectivity index (χ2v) is 3.72. The standard InChI is InChI=1S/C14H14O4/c1-3-10-4-6-12(13(8-10)16-2)18-14-7-5-11(9-15)17-14/h4-9H,3H2,1-2H3. The van der Waals surface area contributed by atoms with Crippen LogP contribution in [-0.2, 0) is 6.42 Å². The molecule has 1 aromatic carbocycles. The fraction of sp³-hybridized carbons (Fsp3) is 0.214. The summed E-state index contributed by atoms with van der Waals surface area (Å²) in [4.78, 5) is 10.5. The van der Waals surface area contributed by atoms with Crippen molar-refractivity contribution >= 4 is 6.29 Å². The zero-order chi connectivity index (χ0) is 13.0. The number of carbonyl (C=O) groups excluding carboxylic acids is 1. The molecular weight excluding hydrogens is 232 g/mol. The molecule has 0 aliphatic heterocycles. The van der Waals surface area contributed by atoms with Crippen LogP contribution in [-0.4, -0.2) is 13.4 Å². The Morgan fingerprint density at radius 2 is 2.06 bits per heavy atom. The number of hydrogen-bond donors (Lipinski definition) is 0. The maximum absolute atomic E-state index is 10.5. The van der Waals surface area contributed by atoms with Gasteiger partial charge in [-0.3, -0.25) is 4.79 Å². The molecule has 94 valence electrons. The third-order valence-electron chi connectivity index (χ3n) is 2.57. The molecule has 4 heteroatoms. The van der Waals surface area contributed by atoms with Crippen molar-refractivity contribution in [1.29, 1.82) is 0 Å². The highest BCUT2D eigenvalue weighted by Gasteiger charge is 2.09. The SMILES string of the molecule is CCc1ccc(Oc2ccc(C=O)o2)c(OC)c1. The van der Waals surface area contributed by atoms with E-state index in [-0.39, 0.29) is 11.7 Å². The molecule has 2 aromatic rings. The van der Waals surface area contributed by atoms with Gasteiger partial charge in [0.25, 0.3) is 5.95 Å². The summed E-state index contributed by atoms with van der Waals surface area (Å²) in [6.45, 7) is 2.07. The Kier molecular flexibility index (Phi) is 3.67. The molecule has 0 saturated carbocycles. The Morgan fingerprint density at radius 3 is 2.67 bits per heavy atom. The quantitative estimate of drug-likeness (QED) is 0.758. The minimum Gasteiger partial charge on any atom is -0.493 e. The van der Waals surface area contributed by atoms with Crippen LogP contribution in [0.25, 0.3) is 0 Å². The van der Waals surface area contributed by atoms with E-state index in [4.69, 9.17) is 13.9 Å². The average Bonchev–Trinajstić information content (AvgIpc) is 2.87. The first-order valence-electron chi connectivity index (χ1n) is 5.66. The van der Waals surface area contributed by atoms with E-state index in [1.807, 2.05) is 18.2 Å². The summed E-state index contributed by atoms with van der Waals surface area (Å²) in [5, 5.41) is 0. The summed E-state index contributed by atoms with van der Waals surface area (Å²) in [5.74, 6) is 1.69. The van der Waals surface area contributed by atoms with Crippen molar-refractivity contribution in [2.75, 3.05) is 7.11 Å². The lowest BCUT2D eigenvalue weighted by Gasteiger charge is -2.09. The predicted octanol–water partition coefficient (Wildman–Crippen LogP) is 3.46. The van der Waals surface area contributed by atoms with Gasteiger partial charge in [0.2, 0.25) is 0 Å². The summed E-state index contributed by atoms with van der Waals surface area (Å²) < 4.78 is 15.9. The number of methoxy groups -OCH3 is 1. The third-order valence-corrected chi connectivity index (χ3v) is 2.57. The van der Waals surface area contributed by atoms with Crippen LogP contribution in [0.3, 0.4) is 0 Å². The number of hydrogen-bond acceptors (Lipinski definition) is 4. The van der Waals surface area contributed by atoms with E-state index in [1.165, 1.54) is 0 Å². The van der Waals surface area contributed by atoms with Crippen LogP contribution in [0.15, 0.2) is 34.7 Å². The zero-order valence-electron chi connectivity index (χ0n) is 10.3. The van der Waals surface area contributed by atoms with Gasteiger partial charge in [-0.2, -0.15) is 0 Å². The molecule has 0 aliphatic rings. The van der Waals surface area contributed by atoms with Crippen LogP contribution in [0.1, 0.15) is 23.0 Å². The van der Waals surface area contributed by atoms with Crippen LogP contribution in [0.4, 0.5) is 0 Å².